The molecule has 43 heavy (non-hydrogen) atoms. The smallest absolute Gasteiger partial charge is 0.171 e. The monoisotopic (exact) mass is 587 g/mol. The van der Waals surface area contributed by atoms with E-state index in [0.29, 0.717) is 0 Å². The van der Waals surface area contributed by atoms with Crippen molar-refractivity contribution in [1.82, 2.24) is 4.98 Å². The fourth-order valence-corrected chi connectivity index (χ4v) is 9.94. The average molecular weight is 588 g/mol. The molecule has 0 amide bonds. The van der Waals surface area contributed by atoms with E-state index in [0.717, 1.165) is 43.8 Å². The minimum atomic E-state index is -3.02. The van der Waals surface area contributed by atoms with Crippen LogP contribution in [0.25, 0.3) is 53.5 Å². The summed E-state index contributed by atoms with van der Waals surface area (Å²) in [5, 5.41) is 6.14. The summed E-state index contributed by atoms with van der Waals surface area (Å²) in [5.41, 5.74) is 5.26. The number of fused-ring (bicyclic) bond motifs is 5. The molecule has 0 aliphatic carbocycles. The van der Waals surface area contributed by atoms with Gasteiger partial charge in [0.25, 0.3) is 0 Å². The number of hydrogen-bond acceptors (Lipinski definition) is 3. The van der Waals surface area contributed by atoms with Crippen LogP contribution in [0.4, 0.5) is 0 Å². The van der Waals surface area contributed by atoms with Crippen molar-refractivity contribution in [2.24, 2.45) is 0 Å². The molecule has 6 aromatic carbocycles. The third-order valence-corrected chi connectivity index (χ3v) is 12.4. The van der Waals surface area contributed by atoms with Gasteiger partial charge in [-0.05, 0) is 29.3 Å². The summed E-state index contributed by atoms with van der Waals surface area (Å²) in [6, 6.07) is 53.5. The molecule has 0 saturated heterocycles. The lowest BCUT2D eigenvalue weighted by atomic mass is 9.98. The SMILES string of the molecule is O=P(c1ccccc1)(c1ccccc1)c1ccc(-c2cccc(-c3nc4ccccc4c4sc5ccccc5c34)c2)cc1. The van der Waals surface area contributed by atoms with Gasteiger partial charge in [0.15, 0.2) is 7.14 Å². The number of hydrogen-bond donors (Lipinski definition) is 0. The Labute approximate surface area is 254 Å². The Balaban J connectivity index is 1.25. The molecule has 0 fully saturated rings. The molecule has 2 aromatic heterocycles. The largest absolute Gasteiger partial charge is 0.309 e. The quantitative estimate of drug-likeness (QED) is 0.188. The highest BCUT2D eigenvalue weighted by molar-refractivity contribution is 7.85. The van der Waals surface area contributed by atoms with E-state index in [1.165, 1.54) is 25.6 Å². The molecule has 8 aromatic rings. The molecule has 0 unspecified atom stereocenters. The highest BCUT2D eigenvalue weighted by atomic mass is 32.1. The number of thiophene rings is 1. The minimum Gasteiger partial charge on any atom is -0.309 e. The zero-order valence-electron chi connectivity index (χ0n) is 23.2. The summed E-state index contributed by atoms with van der Waals surface area (Å²) in [7, 11) is -3.02. The molecule has 8 rings (SSSR count). The second-order valence-corrected chi connectivity index (χ2v) is 14.5. The van der Waals surface area contributed by atoms with Crippen LogP contribution in [0.3, 0.4) is 0 Å². The first-order valence-corrected chi connectivity index (χ1v) is 16.9. The van der Waals surface area contributed by atoms with Crippen molar-refractivity contribution in [3.63, 3.8) is 0 Å². The predicted molar refractivity (Wildman–Crippen MR) is 185 cm³/mol. The first-order chi connectivity index (χ1) is 21.2. The van der Waals surface area contributed by atoms with Crippen LogP contribution < -0.4 is 15.9 Å². The number of rotatable bonds is 5. The molecule has 4 heteroatoms. The van der Waals surface area contributed by atoms with Gasteiger partial charge in [0.1, 0.15) is 0 Å². The van der Waals surface area contributed by atoms with Gasteiger partial charge in [-0.25, -0.2) is 4.98 Å². The molecule has 204 valence electrons. The Morgan fingerprint density at radius 2 is 1.07 bits per heavy atom. The van der Waals surface area contributed by atoms with Gasteiger partial charge in [0, 0.05) is 47.0 Å². The van der Waals surface area contributed by atoms with Crippen LogP contribution in [0.5, 0.6) is 0 Å². The fourth-order valence-electron chi connectivity index (χ4n) is 6.05. The summed E-state index contributed by atoms with van der Waals surface area (Å²) in [6.45, 7) is 0. The number of pyridine rings is 1. The van der Waals surface area contributed by atoms with Gasteiger partial charge in [-0.1, -0.05) is 140 Å². The molecule has 0 saturated carbocycles. The van der Waals surface area contributed by atoms with Gasteiger partial charge in [-0.2, -0.15) is 0 Å². The van der Waals surface area contributed by atoms with Gasteiger partial charge >= 0.3 is 0 Å². The summed E-state index contributed by atoms with van der Waals surface area (Å²) in [4.78, 5) is 5.21. The average Bonchev–Trinajstić information content (AvgIpc) is 3.49. The first-order valence-electron chi connectivity index (χ1n) is 14.3. The maximum Gasteiger partial charge on any atom is 0.171 e. The first kappa shape index (κ1) is 25.9. The normalized spacial score (nSPS) is 11.8. The van der Waals surface area contributed by atoms with E-state index >= 15 is 0 Å². The third-order valence-electron chi connectivity index (χ3n) is 8.15. The molecule has 0 bridgehead atoms. The van der Waals surface area contributed by atoms with Crippen LogP contribution in [-0.2, 0) is 4.57 Å². The van der Waals surface area contributed by atoms with Crippen molar-refractivity contribution in [3.05, 3.63) is 158 Å². The lowest BCUT2D eigenvalue weighted by Gasteiger charge is -2.20. The van der Waals surface area contributed by atoms with Crippen molar-refractivity contribution < 1.29 is 4.57 Å². The van der Waals surface area contributed by atoms with E-state index in [1.54, 1.807) is 0 Å². The van der Waals surface area contributed by atoms with E-state index in [4.69, 9.17) is 4.98 Å². The molecular formula is C39H26NOPS. The number of para-hydroxylation sites is 1. The van der Waals surface area contributed by atoms with E-state index in [2.05, 4.69) is 84.9 Å². The van der Waals surface area contributed by atoms with Crippen LogP contribution in [0.1, 0.15) is 0 Å². The van der Waals surface area contributed by atoms with Gasteiger partial charge in [-0.3, -0.25) is 0 Å². The third kappa shape index (κ3) is 4.32. The Morgan fingerprint density at radius 3 is 1.79 bits per heavy atom. The van der Waals surface area contributed by atoms with Gasteiger partial charge in [-0.15, -0.1) is 11.3 Å². The summed E-state index contributed by atoms with van der Waals surface area (Å²) < 4.78 is 17.4. The minimum absolute atomic E-state index is 0.826. The molecule has 2 nitrogen and oxygen atoms in total. The Hall–Kier alpha value is -4.82. The number of benzene rings is 6. The van der Waals surface area contributed by atoms with Crippen LogP contribution in [0.2, 0.25) is 0 Å². The molecule has 2 heterocycles. The standard InChI is InChI=1S/C39H26NOPS/c41-42(30-14-3-1-4-15-30,31-16-5-2-6-17-31)32-24-22-27(23-25-32)28-12-11-13-29(26-28)38-37-34-19-8-10-21-36(34)43-39(37)33-18-7-9-20-35(33)40-38/h1-26H. The molecular weight excluding hydrogens is 561 g/mol. The van der Waals surface area contributed by atoms with Gasteiger partial charge < -0.3 is 4.57 Å². The Bertz CT molecular complexity index is 2270. The molecule has 0 atom stereocenters. The topological polar surface area (TPSA) is 30.0 Å². The number of aromatic nitrogens is 1. The van der Waals surface area contributed by atoms with Crippen LogP contribution >= 0.6 is 18.5 Å². The molecule has 0 aliphatic heterocycles. The van der Waals surface area contributed by atoms with Crippen LogP contribution in [0.15, 0.2) is 158 Å². The maximum absolute atomic E-state index is 14.8. The van der Waals surface area contributed by atoms with E-state index in [-0.39, 0.29) is 0 Å². The Morgan fingerprint density at radius 1 is 0.488 bits per heavy atom. The van der Waals surface area contributed by atoms with E-state index < -0.39 is 7.14 Å². The zero-order chi connectivity index (χ0) is 28.8. The maximum atomic E-state index is 14.8. The summed E-state index contributed by atoms with van der Waals surface area (Å²) >= 11 is 1.83. The second kappa shape index (κ2) is 10.5. The van der Waals surface area contributed by atoms with Crippen molar-refractivity contribution in [2.45, 2.75) is 0 Å². The molecule has 0 N–H and O–H groups in total. The van der Waals surface area contributed by atoms with Crippen molar-refractivity contribution >= 4 is 65.5 Å². The summed E-state index contributed by atoms with van der Waals surface area (Å²) in [5.74, 6) is 0. The highest BCUT2D eigenvalue weighted by Gasteiger charge is 2.29. The number of nitrogens with zero attached hydrogens (tertiary/aromatic N) is 1. The lowest BCUT2D eigenvalue weighted by molar-refractivity contribution is 0.592. The van der Waals surface area contributed by atoms with E-state index in [9.17, 15) is 4.57 Å². The predicted octanol–water partition coefficient (Wildman–Crippen LogP) is 9.58. The van der Waals surface area contributed by atoms with E-state index in [1.807, 2.05) is 84.1 Å². The van der Waals surface area contributed by atoms with Gasteiger partial charge in [0.05, 0.1) is 11.2 Å². The van der Waals surface area contributed by atoms with Crippen molar-refractivity contribution in [2.75, 3.05) is 0 Å². The van der Waals surface area contributed by atoms with Crippen molar-refractivity contribution in [3.8, 4) is 22.4 Å². The zero-order valence-corrected chi connectivity index (χ0v) is 24.9. The molecule has 0 radical (unpaired) electrons. The molecule has 0 spiro atoms. The Kier molecular flexibility index (Phi) is 6.30. The van der Waals surface area contributed by atoms with Crippen LogP contribution in [0, 0.1) is 0 Å². The van der Waals surface area contributed by atoms with Gasteiger partial charge in [0.2, 0.25) is 0 Å². The van der Waals surface area contributed by atoms with Crippen molar-refractivity contribution in [1.29, 1.82) is 0 Å². The second-order valence-electron chi connectivity index (χ2n) is 10.7. The fraction of sp³-hybridized carbons (Fsp3) is 0. The summed E-state index contributed by atoms with van der Waals surface area (Å²) in [6.07, 6.45) is 0. The molecule has 0 aliphatic rings. The highest BCUT2D eigenvalue weighted by Crippen LogP contribution is 2.44. The van der Waals surface area contributed by atoms with Crippen LogP contribution in [-0.4, -0.2) is 4.98 Å². The lowest BCUT2D eigenvalue weighted by Crippen LogP contribution is -2.24.